The van der Waals surface area contributed by atoms with Crippen LogP contribution < -0.4 is 5.32 Å². The van der Waals surface area contributed by atoms with Crippen LogP contribution in [0.1, 0.15) is 412 Å². The number of carbonyl (C=O) groups excluding carboxylic acids is 2. The summed E-state index contributed by atoms with van der Waals surface area (Å²) < 4.78 is 5.47. The van der Waals surface area contributed by atoms with E-state index in [1.54, 1.807) is 6.08 Å². The molecule has 0 saturated heterocycles. The van der Waals surface area contributed by atoms with Gasteiger partial charge in [-0.3, -0.25) is 9.59 Å². The molecule has 0 aliphatic heterocycles. The van der Waals surface area contributed by atoms with Crippen molar-refractivity contribution in [2.24, 2.45) is 0 Å². The highest BCUT2D eigenvalue weighted by Gasteiger charge is 2.18. The van der Waals surface area contributed by atoms with Gasteiger partial charge in [0.1, 0.15) is 0 Å². The van der Waals surface area contributed by atoms with E-state index >= 15 is 0 Å². The smallest absolute Gasteiger partial charge is 0.305 e. The van der Waals surface area contributed by atoms with Gasteiger partial charge in [0.15, 0.2) is 0 Å². The summed E-state index contributed by atoms with van der Waals surface area (Å²) in [5.74, 6) is -0.0453. The van der Waals surface area contributed by atoms with Gasteiger partial charge in [-0.15, -0.1) is 0 Å². The van der Waals surface area contributed by atoms with Crippen molar-refractivity contribution < 1.29 is 24.5 Å². The second-order valence-corrected chi connectivity index (χ2v) is 25.6. The molecule has 0 aliphatic rings. The van der Waals surface area contributed by atoms with E-state index in [1.165, 1.54) is 340 Å². The number of amides is 1. The van der Waals surface area contributed by atoms with Gasteiger partial charge < -0.3 is 20.3 Å². The predicted octanol–water partition coefficient (Wildman–Crippen LogP) is 24.3. The number of allylic oxidation sites excluding steroid dienone is 5. The van der Waals surface area contributed by atoms with E-state index in [1.807, 2.05) is 6.08 Å². The second kappa shape index (κ2) is 71.6. The summed E-state index contributed by atoms with van der Waals surface area (Å²) in [5.41, 5.74) is 0. The van der Waals surface area contributed by atoms with Crippen LogP contribution in [0.15, 0.2) is 36.5 Å². The minimum absolute atomic E-state index is 0.0167. The minimum Gasteiger partial charge on any atom is -0.466 e. The maximum Gasteiger partial charge on any atom is 0.305 e. The molecule has 0 spiro atoms. The van der Waals surface area contributed by atoms with Crippen LogP contribution in [0, 0.1) is 0 Å². The molecule has 0 fully saturated rings. The number of esters is 1. The van der Waals surface area contributed by atoms with Crippen LogP contribution in [0.4, 0.5) is 0 Å². The molecule has 0 saturated carbocycles. The summed E-state index contributed by atoms with van der Waals surface area (Å²) in [5, 5.41) is 23.2. The molecule has 0 rings (SSSR count). The topological polar surface area (TPSA) is 95.9 Å². The summed E-state index contributed by atoms with van der Waals surface area (Å²) in [7, 11) is 0. The van der Waals surface area contributed by atoms with Crippen LogP contribution in [0.5, 0.6) is 0 Å². The molecular weight excluding hydrogens is 1010 g/mol. The van der Waals surface area contributed by atoms with Crippen LogP contribution in [-0.2, 0) is 14.3 Å². The van der Waals surface area contributed by atoms with Crippen molar-refractivity contribution in [2.75, 3.05) is 13.2 Å². The molecule has 0 heterocycles. The van der Waals surface area contributed by atoms with E-state index in [-0.39, 0.29) is 18.5 Å². The average Bonchev–Trinajstić information content (AvgIpc) is 3.48. The highest BCUT2D eigenvalue weighted by molar-refractivity contribution is 5.76. The van der Waals surface area contributed by atoms with Crippen molar-refractivity contribution in [3.8, 4) is 0 Å². The molecule has 82 heavy (non-hydrogen) atoms. The lowest BCUT2D eigenvalue weighted by molar-refractivity contribution is -0.143. The Hall–Kier alpha value is -1.92. The first-order valence-electron chi connectivity index (χ1n) is 37.3. The molecule has 1 amide bonds. The molecule has 6 heteroatoms. The Labute approximate surface area is 513 Å². The Balaban J connectivity index is 3.39. The fourth-order valence-electron chi connectivity index (χ4n) is 11.7. The zero-order valence-electron chi connectivity index (χ0n) is 55.5. The zero-order chi connectivity index (χ0) is 59.2. The summed E-state index contributed by atoms with van der Waals surface area (Å²) in [6, 6.07) is -0.627. The molecule has 0 aliphatic carbocycles. The number of unbranched alkanes of at least 4 members (excludes halogenated alkanes) is 55. The van der Waals surface area contributed by atoms with Gasteiger partial charge in [0.25, 0.3) is 0 Å². The predicted molar refractivity (Wildman–Crippen MR) is 361 cm³/mol. The molecule has 2 atom stereocenters. The molecular formula is C76H145NO5. The summed E-state index contributed by atoms with van der Waals surface area (Å²) in [6.07, 6.45) is 92.5. The molecule has 0 aromatic carbocycles. The molecule has 0 radical (unpaired) electrons. The first kappa shape index (κ1) is 80.1. The van der Waals surface area contributed by atoms with Crippen molar-refractivity contribution >= 4 is 11.9 Å². The van der Waals surface area contributed by atoms with Crippen LogP contribution in [0.25, 0.3) is 0 Å². The fourth-order valence-corrected chi connectivity index (χ4v) is 11.7. The van der Waals surface area contributed by atoms with E-state index in [0.29, 0.717) is 19.4 Å². The lowest BCUT2D eigenvalue weighted by atomic mass is 10.0. The third-order valence-corrected chi connectivity index (χ3v) is 17.4. The standard InChI is InChI=1S/C76H145NO5/c1-3-5-7-9-11-13-15-16-17-18-36-39-42-45-49-52-56-60-64-68-74(79)73(72-78)77-75(80)69-65-61-57-53-50-46-43-40-37-34-32-30-28-26-24-22-20-19-21-23-25-27-29-31-33-35-38-41-44-47-51-55-59-63-67-71-82-76(81)70-66-62-58-54-48-14-12-10-8-6-4-2/h21,23,27,29,64,68,73-74,78-79H,3-20,22,24-26,28,30-63,65-67,69-72H2,1-2H3,(H,77,80)/b23-21-,29-27-,68-64+. The maximum absolute atomic E-state index is 12.5. The van der Waals surface area contributed by atoms with Gasteiger partial charge in [0.2, 0.25) is 5.91 Å². The van der Waals surface area contributed by atoms with Gasteiger partial charge in [-0.2, -0.15) is 0 Å². The van der Waals surface area contributed by atoms with Crippen molar-refractivity contribution in [1.82, 2.24) is 5.32 Å². The van der Waals surface area contributed by atoms with Gasteiger partial charge in [0, 0.05) is 12.8 Å². The molecule has 0 aromatic rings. The van der Waals surface area contributed by atoms with Gasteiger partial charge in [-0.05, 0) is 64.2 Å². The van der Waals surface area contributed by atoms with Crippen LogP contribution in [-0.4, -0.2) is 47.4 Å². The molecule has 0 bridgehead atoms. The maximum atomic E-state index is 12.5. The Morgan fingerprint density at radius 2 is 0.610 bits per heavy atom. The first-order chi connectivity index (χ1) is 40.5. The largest absolute Gasteiger partial charge is 0.466 e. The number of nitrogens with one attached hydrogen (secondary N) is 1. The lowest BCUT2D eigenvalue weighted by Gasteiger charge is -2.20. The lowest BCUT2D eigenvalue weighted by Crippen LogP contribution is -2.45. The number of hydrogen-bond donors (Lipinski definition) is 3. The minimum atomic E-state index is -0.844. The number of hydrogen-bond acceptors (Lipinski definition) is 5. The van der Waals surface area contributed by atoms with Crippen molar-refractivity contribution in [3.05, 3.63) is 36.5 Å². The van der Waals surface area contributed by atoms with E-state index < -0.39 is 12.1 Å². The van der Waals surface area contributed by atoms with E-state index in [4.69, 9.17) is 4.74 Å². The molecule has 484 valence electrons. The van der Waals surface area contributed by atoms with Gasteiger partial charge in [-0.1, -0.05) is 371 Å². The van der Waals surface area contributed by atoms with Crippen LogP contribution in [0.2, 0.25) is 0 Å². The summed E-state index contributed by atoms with van der Waals surface area (Å²) >= 11 is 0. The van der Waals surface area contributed by atoms with Gasteiger partial charge in [-0.25, -0.2) is 0 Å². The Morgan fingerprint density at radius 1 is 0.341 bits per heavy atom. The third kappa shape index (κ3) is 67.2. The first-order valence-corrected chi connectivity index (χ1v) is 37.3. The monoisotopic (exact) mass is 1150 g/mol. The molecule has 2 unspecified atom stereocenters. The van der Waals surface area contributed by atoms with Crippen LogP contribution in [0.3, 0.4) is 0 Å². The normalized spacial score (nSPS) is 12.7. The van der Waals surface area contributed by atoms with Gasteiger partial charge in [0.05, 0.1) is 25.4 Å². The third-order valence-electron chi connectivity index (χ3n) is 17.4. The highest BCUT2D eigenvalue weighted by atomic mass is 16.5. The summed E-state index contributed by atoms with van der Waals surface area (Å²) in [6.45, 7) is 4.94. The molecule has 6 nitrogen and oxygen atoms in total. The number of aliphatic hydroxyl groups excluding tert-OH is 2. The van der Waals surface area contributed by atoms with Crippen molar-refractivity contribution in [2.45, 2.75) is 424 Å². The zero-order valence-corrected chi connectivity index (χ0v) is 55.5. The number of aliphatic hydroxyl groups is 2. The Kier molecular flexibility index (Phi) is 69.9. The van der Waals surface area contributed by atoms with Crippen LogP contribution >= 0.6 is 0 Å². The number of carbonyl (C=O) groups is 2. The molecule has 3 N–H and O–H groups in total. The number of rotatable bonds is 70. The quantitative estimate of drug-likeness (QED) is 0.0320. The van der Waals surface area contributed by atoms with Gasteiger partial charge >= 0.3 is 5.97 Å². The molecule has 0 aromatic heterocycles. The second-order valence-electron chi connectivity index (χ2n) is 25.6. The highest BCUT2D eigenvalue weighted by Crippen LogP contribution is 2.19. The van der Waals surface area contributed by atoms with E-state index in [0.717, 1.165) is 44.9 Å². The van der Waals surface area contributed by atoms with Crippen molar-refractivity contribution in [1.29, 1.82) is 0 Å². The fraction of sp³-hybridized carbons (Fsp3) is 0.895. The Bertz CT molecular complexity index is 1330. The number of ether oxygens (including phenoxy) is 1. The SMILES string of the molecule is CCCCCCCCCCCCCCCCCCC/C=C/C(O)C(CO)NC(=O)CCCCCCCCCCCCCCCCCCC/C=C\C/C=C\CCCCCCCCCCCCCOC(=O)CCCCCCCCCCCCC. The van der Waals surface area contributed by atoms with Crippen molar-refractivity contribution in [3.63, 3.8) is 0 Å². The average molecular weight is 1150 g/mol. The Morgan fingerprint density at radius 3 is 0.927 bits per heavy atom. The van der Waals surface area contributed by atoms with E-state index in [2.05, 4.69) is 43.5 Å². The van der Waals surface area contributed by atoms with E-state index in [9.17, 15) is 19.8 Å². The summed E-state index contributed by atoms with van der Waals surface area (Å²) in [4.78, 5) is 24.5.